The van der Waals surface area contributed by atoms with Gasteiger partial charge in [0.25, 0.3) is 0 Å². The van der Waals surface area contributed by atoms with Crippen molar-refractivity contribution in [2.75, 3.05) is 36.7 Å². The first kappa shape index (κ1) is 24.7. The summed E-state index contributed by atoms with van der Waals surface area (Å²) in [6, 6.07) is 17.0. The quantitative estimate of drug-likeness (QED) is 0.418. The summed E-state index contributed by atoms with van der Waals surface area (Å²) in [6.45, 7) is 4.10. The second-order valence-electron chi connectivity index (χ2n) is 9.07. The Kier molecular flexibility index (Phi) is 7.13. The number of methoxy groups -OCH3 is 1. The summed E-state index contributed by atoms with van der Waals surface area (Å²) >= 11 is 6.24. The van der Waals surface area contributed by atoms with Crippen molar-refractivity contribution in [2.45, 2.75) is 38.8 Å². The van der Waals surface area contributed by atoms with E-state index in [0.29, 0.717) is 22.2 Å². The number of fused-ring (bicyclic) bond motifs is 1. The molecule has 0 saturated heterocycles. The van der Waals surface area contributed by atoms with Gasteiger partial charge < -0.3 is 25.0 Å². The maximum Gasteiger partial charge on any atom is 0.232 e. The van der Waals surface area contributed by atoms with Crippen LogP contribution in [-0.2, 0) is 11.2 Å². The first-order chi connectivity index (χ1) is 16.7. The van der Waals surface area contributed by atoms with E-state index < -0.39 is 6.04 Å². The maximum atomic E-state index is 13.6. The molecule has 3 aromatic rings. The van der Waals surface area contributed by atoms with Crippen LogP contribution in [0, 0.1) is 0 Å². The minimum Gasteiger partial charge on any atom is -0.493 e. The van der Waals surface area contributed by atoms with Crippen LogP contribution in [0.25, 0.3) is 0 Å². The summed E-state index contributed by atoms with van der Waals surface area (Å²) in [6.07, 6.45) is 1.14. The molecule has 184 valence electrons. The zero-order chi connectivity index (χ0) is 25.3. The third-order valence-electron chi connectivity index (χ3n) is 6.47. The van der Waals surface area contributed by atoms with E-state index in [1.54, 1.807) is 13.2 Å². The van der Waals surface area contributed by atoms with Crippen LogP contribution in [0.4, 0.5) is 17.1 Å². The topological polar surface area (TPSA) is 68.0 Å². The average Bonchev–Trinajstić information content (AvgIpc) is 2.84. The minimum absolute atomic E-state index is 0.00808. The maximum absolute atomic E-state index is 13.6. The number of carbonyl (C=O) groups excluding carboxylic acids is 1. The van der Waals surface area contributed by atoms with Gasteiger partial charge in [-0.25, -0.2) is 0 Å². The molecule has 4 rings (SSSR count). The molecule has 0 radical (unpaired) electrons. The number of anilines is 3. The molecule has 0 aliphatic carbocycles. The number of nitrogen functional groups attached to an aromatic ring is 1. The number of benzene rings is 3. The lowest BCUT2D eigenvalue weighted by Crippen LogP contribution is -2.41. The molecule has 0 spiro atoms. The summed E-state index contributed by atoms with van der Waals surface area (Å²) in [5.74, 6) is 1.27. The smallest absolute Gasteiger partial charge is 0.232 e. The molecule has 6 nitrogen and oxygen atoms in total. The van der Waals surface area contributed by atoms with Crippen molar-refractivity contribution in [3.8, 4) is 11.5 Å². The lowest BCUT2D eigenvalue weighted by molar-refractivity contribution is -0.118. The highest BCUT2D eigenvalue weighted by Gasteiger charge is 2.36. The number of hydrogen-bond donors (Lipinski definition) is 1. The van der Waals surface area contributed by atoms with E-state index in [4.69, 9.17) is 26.8 Å². The Bertz CT molecular complexity index is 1230. The number of nitrogens with two attached hydrogens (primary N) is 1. The van der Waals surface area contributed by atoms with Gasteiger partial charge in [-0.2, -0.15) is 0 Å². The van der Waals surface area contributed by atoms with Gasteiger partial charge in [-0.05, 0) is 78.6 Å². The standard InChI is InChI=1S/C28H32ClN3O3/c1-6-17(2)35-26-16-22-19(14-25(26)34-5)15-27(33)32(21-10-8-20(9-11-21)31(3)4)28(22)18-7-12-23(29)24(30)13-18/h7-14,16-17,28H,6,15,30H2,1-5H3/t17-,28?/m1/s1. The molecule has 2 atom stereocenters. The first-order valence-electron chi connectivity index (χ1n) is 11.7. The van der Waals surface area contributed by atoms with Gasteiger partial charge in [0.2, 0.25) is 5.91 Å². The highest BCUT2D eigenvalue weighted by Crippen LogP contribution is 2.44. The van der Waals surface area contributed by atoms with Gasteiger partial charge >= 0.3 is 0 Å². The zero-order valence-corrected chi connectivity index (χ0v) is 21.6. The van der Waals surface area contributed by atoms with Crippen LogP contribution in [0.1, 0.15) is 43.0 Å². The molecule has 1 heterocycles. The van der Waals surface area contributed by atoms with E-state index >= 15 is 0 Å². The predicted molar refractivity (Wildman–Crippen MR) is 143 cm³/mol. The van der Waals surface area contributed by atoms with Crippen molar-refractivity contribution in [3.05, 3.63) is 76.3 Å². The molecule has 7 heteroatoms. The van der Waals surface area contributed by atoms with Gasteiger partial charge in [-0.3, -0.25) is 4.79 Å². The first-order valence-corrected chi connectivity index (χ1v) is 12.1. The SMILES string of the molecule is CC[C@@H](C)Oc1cc2c(cc1OC)CC(=O)N(c1ccc(N(C)C)cc1)C2c1ccc(Cl)c(N)c1. The van der Waals surface area contributed by atoms with Gasteiger partial charge in [0.1, 0.15) is 0 Å². The molecular formula is C28H32ClN3O3. The Morgan fingerprint density at radius 1 is 1.11 bits per heavy atom. The van der Waals surface area contributed by atoms with Crippen molar-refractivity contribution in [2.24, 2.45) is 0 Å². The van der Waals surface area contributed by atoms with Crippen molar-refractivity contribution >= 4 is 34.6 Å². The second kappa shape index (κ2) is 10.1. The Hall–Kier alpha value is -3.38. The van der Waals surface area contributed by atoms with Gasteiger partial charge in [-0.15, -0.1) is 0 Å². The fourth-order valence-corrected chi connectivity index (χ4v) is 4.49. The van der Waals surface area contributed by atoms with Gasteiger partial charge in [0.05, 0.1) is 36.4 Å². The van der Waals surface area contributed by atoms with Crippen LogP contribution >= 0.6 is 11.6 Å². The van der Waals surface area contributed by atoms with E-state index in [0.717, 1.165) is 34.5 Å². The number of rotatable bonds is 7. The Morgan fingerprint density at radius 2 is 1.83 bits per heavy atom. The van der Waals surface area contributed by atoms with E-state index in [2.05, 4.69) is 6.92 Å². The van der Waals surface area contributed by atoms with Crippen molar-refractivity contribution in [1.29, 1.82) is 0 Å². The lowest BCUT2D eigenvalue weighted by atomic mass is 9.86. The largest absolute Gasteiger partial charge is 0.493 e. The van der Waals surface area contributed by atoms with E-state index in [1.165, 1.54) is 0 Å². The molecule has 3 aromatic carbocycles. The predicted octanol–water partition coefficient (Wildman–Crippen LogP) is 5.85. The van der Waals surface area contributed by atoms with E-state index in [1.807, 2.05) is 79.3 Å². The molecule has 1 aliphatic heterocycles. The molecular weight excluding hydrogens is 462 g/mol. The molecule has 1 amide bonds. The van der Waals surface area contributed by atoms with Gasteiger partial charge in [0, 0.05) is 25.5 Å². The fraction of sp³-hybridized carbons (Fsp3) is 0.321. The second-order valence-corrected chi connectivity index (χ2v) is 9.48. The molecule has 1 unspecified atom stereocenters. The molecule has 1 aliphatic rings. The number of ether oxygens (including phenoxy) is 2. The Morgan fingerprint density at radius 3 is 2.43 bits per heavy atom. The Labute approximate surface area is 212 Å². The highest BCUT2D eigenvalue weighted by molar-refractivity contribution is 6.33. The molecule has 2 N–H and O–H groups in total. The summed E-state index contributed by atoms with van der Waals surface area (Å²) in [4.78, 5) is 17.5. The summed E-state index contributed by atoms with van der Waals surface area (Å²) in [5.41, 5.74) is 11.3. The minimum atomic E-state index is -0.402. The summed E-state index contributed by atoms with van der Waals surface area (Å²) in [5, 5.41) is 0.480. The molecule has 0 aromatic heterocycles. The van der Waals surface area contributed by atoms with Crippen molar-refractivity contribution in [1.82, 2.24) is 0 Å². The van der Waals surface area contributed by atoms with Crippen molar-refractivity contribution < 1.29 is 14.3 Å². The van der Waals surface area contributed by atoms with Gasteiger partial charge in [-0.1, -0.05) is 24.6 Å². The van der Waals surface area contributed by atoms with Crippen LogP contribution in [-0.4, -0.2) is 33.2 Å². The normalized spacial score (nSPS) is 16.0. The monoisotopic (exact) mass is 493 g/mol. The molecule has 35 heavy (non-hydrogen) atoms. The molecule has 0 bridgehead atoms. The number of halogens is 1. The van der Waals surface area contributed by atoms with Crippen molar-refractivity contribution in [3.63, 3.8) is 0 Å². The number of hydrogen-bond acceptors (Lipinski definition) is 5. The Balaban J connectivity index is 1.91. The third-order valence-corrected chi connectivity index (χ3v) is 6.82. The van der Waals surface area contributed by atoms with Crippen LogP contribution in [0.2, 0.25) is 5.02 Å². The number of nitrogens with zero attached hydrogens (tertiary/aromatic N) is 2. The summed E-state index contributed by atoms with van der Waals surface area (Å²) in [7, 11) is 5.59. The van der Waals surface area contributed by atoms with Crippen LogP contribution in [0.3, 0.4) is 0 Å². The third kappa shape index (κ3) is 4.89. The molecule has 0 saturated carbocycles. The van der Waals surface area contributed by atoms with Crippen LogP contribution in [0.15, 0.2) is 54.6 Å². The highest BCUT2D eigenvalue weighted by atomic mass is 35.5. The summed E-state index contributed by atoms with van der Waals surface area (Å²) < 4.78 is 11.8. The number of amides is 1. The fourth-order valence-electron chi connectivity index (χ4n) is 4.37. The average molecular weight is 494 g/mol. The van der Waals surface area contributed by atoms with Crippen LogP contribution < -0.4 is 25.0 Å². The zero-order valence-electron chi connectivity index (χ0n) is 20.8. The van der Waals surface area contributed by atoms with E-state index in [-0.39, 0.29) is 18.4 Å². The lowest BCUT2D eigenvalue weighted by Gasteiger charge is -2.38. The number of carbonyl (C=O) groups is 1. The van der Waals surface area contributed by atoms with E-state index in [9.17, 15) is 4.79 Å². The molecule has 0 fully saturated rings. The van der Waals surface area contributed by atoms with Crippen LogP contribution in [0.5, 0.6) is 11.5 Å². The van der Waals surface area contributed by atoms with Gasteiger partial charge in [0.15, 0.2) is 11.5 Å².